The molecule has 1 heterocycles. The van der Waals surface area contributed by atoms with Crippen molar-refractivity contribution in [3.05, 3.63) is 64.7 Å². The van der Waals surface area contributed by atoms with Crippen LogP contribution in [0.2, 0.25) is 5.02 Å². The average molecular weight is 473 g/mol. The van der Waals surface area contributed by atoms with E-state index in [9.17, 15) is 14.4 Å². The normalized spacial score (nSPS) is 14.0. The molecule has 0 saturated carbocycles. The molecule has 2 amide bonds. The molecule has 1 saturated heterocycles. The molecule has 0 radical (unpaired) electrons. The van der Waals surface area contributed by atoms with E-state index in [4.69, 9.17) is 21.1 Å². The number of hydrogen-bond donors (Lipinski definition) is 0. The van der Waals surface area contributed by atoms with E-state index in [2.05, 4.69) is 0 Å². The minimum Gasteiger partial charge on any atom is -0.488 e. The number of esters is 1. The molecule has 2 aromatic carbocycles. The Hall–Kier alpha value is -3.06. The lowest BCUT2D eigenvalue weighted by Crippen LogP contribution is -2.45. The van der Waals surface area contributed by atoms with Gasteiger partial charge in [0.1, 0.15) is 12.4 Å². The summed E-state index contributed by atoms with van der Waals surface area (Å²) in [4.78, 5) is 40.8. The van der Waals surface area contributed by atoms with Crippen LogP contribution in [0.4, 0.5) is 0 Å². The predicted octanol–water partition coefficient (Wildman–Crippen LogP) is 3.79. The fourth-order valence-electron chi connectivity index (χ4n) is 3.75. The van der Waals surface area contributed by atoms with Crippen molar-refractivity contribution < 1.29 is 23.9 Å². The van der Waals surface area contributed by atoms with Crippen LogP contribution in [-0.2, 0) is 20.9 Å². The van der Waals surface area contributed by atoms with Gasteiger partial charge in [0.25, 0.3) is 5.91 Å². The highest BCUT2D eigenvalue weighted by Gasteiger charge is 2.29. The van der Waals surface area contributed by atoms with Crippen LogP contribution < -0.4 is 4.74 Å². The summed E-state index contributed by atoms with van der Waals surface area (Å²) in [5.41, 5.74) is 1.19. The quantitative estimate of drug-likeness (QED) is 0.546. The van der Waals surface area contributed by atoms with Gasteiger partial charge in [0.05, 0.1) is 24.6 Å². The first kappa shape index (κ1) is 24.6. The summed E-state index contributed by atoms with van der Waals surface area (Å²) in [5, 5.41) is 0.593. The van der Waals surface area contributed by atoms with E-state index >= 15 is 0 Å². The molecule has 2 aromatic rings. The van der Waals surface area contributed by atoms with Gasteiger partial charge in [-0.15, -0.1) is 0 Å². The molecule has 0 aliphatic carbocycles. The molecule has 176 valence electrons. The van der Waals surface area contributed by atoms with Gasteiger partial charge in [-0.05, 0) is 38.0 Å². The third-order valence-corrected chi connectivity index (χ3v) is 6.01. The van der Waals surface area contributed by atoms with Gasteiger partial charge in [-0.1, -0.05) is 41.9 Å². The standard InChI is InChI=1S/C25H29ClN2O5/c1-3-32-25(31)18-12-14-28(15-13-18)23(29)16-27(2)24(30)20-9-5-7-11-22(20)33-17-19-8-4-6-10-21(19)26/h4-11,18H,3,12-17H2,1-2H3. The van der Waals surface area contributed by atoms with E-state index in [1.165, 1.54) is 4.90 Å². The number of benzene rings is 2. The topological polar surface area (TPSA) is 76.2 Å². The van der Waals surface area contributed by atoms with Crippen LogP contribution in [0.15, 0.2) is 48.5 Å². The van der Waals surface area contributed by atoms with E-state index in [-0.39, 0.29) is 36.9 Å². The van der Waals surface area contributed by atoms with Gasteiger partial charge in [-0.3, -0.25) is 14.4 Å². The number of likely N-dealkylation sites (tertiary alicyclic amines) is 1. The number of piperidine rings is 1. The van der Waals surface area contributed by atoms with Crippen molar-refractivity contribution in [2.45, 2.75) is 26.4 Å². The molecule has 8 heteroatoms. The van der Waals surface area contributed by atoms with E-state index in [0.717, 1.165) is 5.56 Å². The van der Waals surface area contributed by atoms with Crippen LogP contribution in [0, 0.1) is 5.92 Å². The van der Waals surface area contributed by atoms with Crippen LogP contribution in [-0.4, -0.2) is 60.9 Å². The first-order valence-electron chi connectivity index (χ1n) is 11.1. The minimum atomic E-state index is -0.306. The lowest BCUT2D eigenvalue weighted by molar-refractivity contribution is -0.151. The van der Waals surface area contributed by atoms with Gasteiger partial charge in [-0.2, -0.15) is 0 Å². The number of rotatable bonds is 8. The third kappa shape index (κ3) is 6.48. The molecule has 0 N–H and O–H groups in total. The Morgan fingerprint density at radius 3 is 2.42 bits per heavy atom. The lowest BCUT2D eigenvalue weighted by atomic mass is 9.97. The van der Waals surface area contributed by atoms with E-state index in [0.29, 0.717) is 48.9 Å². The summed E-state index contributed by atoms with van der Waals surface area (Å²) in [7, 11) is 1.59. The van der Waals surface area contributed by atoms with Crippen LogP contribution in [0.5, 0.6) is 5.75 Å². The Balaban J connectivity index is 1.57. The number of ether oxygens (including phenoxy) is 2. The molecular formula is C25H29ClN2O5. The van der Waals surface area contributed by atoms with Crippen molar-refractivity contribution in [1.82, 2.24) is 9.80 Å². The van der Waals surface area contributed by atoms with Crippen molar-refractivity contribution in [3.8, 4) is 5.75 Å². The summed E-state index contributed by atoms with van der Waals surface area (Å²) >= 11 is 6.19. The molecule has 0 unspecified atom stereocenters. The minimum absolute atomic E-state index is 0.0538. The van der Waals surface area contributed by atoms with Crippen LogP contribution in [0.25, 0.3) is 0 Å². The highest BCUT2D eigenvalue weighted by Crippen LogP contribution is 2.23. The van der Waals surface area contributed by atoms with Crippen molar-refractivity contribution in [2.24, 2.45) is 5.92 Å². The Morgan fingerprint density at radius 1 is 1.06 bits per heavy atom. The first-order chi connectivity index (χ1) is 15.9. The van der Waals surface area contributed by atoms with Crippen LogP contribution in [0.1, 0.15) is 35.7 Å². The zero-order valence-electron chi connectivity index (χ0n) is 19.0. The lowest BCUT2D eigenvalue weighted by Gasteiger charge is -2.32. The molecule has 0 atom stereocenters. The third-order valence-electron chi connectivity index (χ3n) is 5.65. The zero-order valence-corrected chi connectivity index (χ0v) is 19.7. The van der Waals surface area contributed by atoms with E-state index in [1.54, 1.807) is 49.2 Å². The molecule has 1 aliphatic rings. The van der Waals surface area contributed by atoms with Crippen molar-refractivity contribution in [1.29, 1.82) is 0 Å². The number of carbonyl (C=O) groups excluding carboxylic acids is 3. The molecule has 1 aliphatic heterocycles. The Bertz CT molecular complexity index is 988. The highest BCUT2D eigenvalue weighted by atomic mass is 35.5. The number of para-hydroxylation sites is 1. The highest BCUT2D eigenvalue weighted by molar-refractivity contribution is 6.31. The maximum absolute atomic E-state index is 13.1. The molecular weight excluding hydrogens is 444 g/mol. The number of nitrogens with zero attached hydrogens (tertiary/aromatic N) is 2. The number of likely N-dealkylation sites (N-methyl/N-ethyl adjacent to an activating group) is 1. The largest absolute Gasteiger partial charge is 0.488 e. The monoisotopic (exact) mass is 472 g/mol. The van der Waals surface area contributed by atoms with Crippen molar-refractivity contribution in [3.63, 3.8) is 0 Å². The summed E-state index contributed by atoms with van der Waals surface area (Å²) in [6.45, 7) is 3.26. The van der Waals surface area contributed by atoms with Gasteiger partial charge < -0.3 is 19.3 Å². The van der Waals surface area contributed by atoms with Crippen molar-refractivity contribution >= 4 is 29.4 Å². The van der Waals surface area contributed by atoms with E-state index < -0.39 is 0 Å². The Labute approximate surface area is 199 Å². The van der Waals surface area contributed by atoms with Gasteiger partial charge in [-0.25, -0.2) is 0 Å². The zero-order chi connectivity index (χ0) is 23.8. The molecule has 0 spiro atoms. The second kappa shape index (κ2) is 11.7. The van der Waals surface area contributed by atoms with E-state index in [1.807, 2.05) is 18.2 Å². The number of amides is 2. The molecule has 7 nitrogen and oxygen atoms in total. The fourth-order valence-corrected chi connectivity index (χ4v) is 3.94. The summed E-state index contributed by atoms with van der Waals surface area (Å²) in [5.74, 6) is -0.403. The molecule has 0 aromatic heterocycles. The van der Waals surface area contributed by atoms with Crippen molar-refractivity contribution in [2.75, 3.05) is 33.3 Å². The van der Waals surface area contributed by atoms with Gasteiger partial charge in [0.15, 0.2) is 0 Å². The second-order valence-electron chi connectivity index (χ2n) is 7.94. The van der Waals surface area contributed by atoms with Gasteiger partial charge >= 0.3 is 5.97 Å². The number of carbonyl (C=O) groups is 3. The average Bonchev–Trinajstić information content (AvgIpc) is 2.83. The van der Waals surface area contributed by atoms with Gasteiger partial charge in [0, 0.05) is 30.7 Å². The maximum atomic E-state index is 13.1. The first-order valence-corrected chi connectivity index (χ1v) is 11.4. The fraction of sp³-hybridized carbons (Fsp3) is 0.400. The van der Waals surface area contributed by atoms with Crippen LogP contribution >= 0.6 is 11.6 Å². The predicted molar refractivity (Wildman–Crippen MR) is 125 cm³/mol. The Morgan fingerprint density at radius 2 is 1.73 bits per heavy atom. The summed E-state index contributed by atoms with van der Waals surface area (Å²) < 4.78 is 11.0. The SMILES string of the molecule is CCOC(=O)C1CCN(C(=O)CN(C)C(=O)c2ccccc2OCc2ccccc2Cl)CC1. The molecule has 3 rings (SSSR count). The Kier molecular flexibility index (Phi) is 8.72. The molecule has 1 fully saturated rings. The second-order valence-corrected chi connectivity index (χ2v) is 8.35. The maximum Gasteiger partial charge on any atom is 0.309 e. The van der Waals surface area contributed by atoms with Crippen LogP contribution in [0.3, 0.4) is 0 Å². The molecule has 33 heavy (non-hydrogen) atoms. The number of halogens is 1. The smallest absolute Gasteiger partial charge is 0.309 e. The summed E-state index contributed by atoms with van der Waals surface area (Å²) in [6, 6.07) is 14.3. The molecule has 0 bridgehead atoms. The van der Waals surface area contributed by atoms with Gasteiger partial charge in [0.2, 0.25) is 5.91 Å². The number of hydrogen-bond acceptors (Lipinski definition) is 5. The summed E-state index contributed by atoms with van der Waals surface area (Å²) in [6.07, 6.45) is 1.14.